The number of hydrogen-bond acceptors (Lipinski definition) is 4. The van der Waals surface area contributed by atoms with Crippen molar-refractivity contribution in [2.45, 2.75) is 32.9 Å². The fourth-order valence-corrected chi connectivity index (χ4v) is 2.13. The van der Waals surface area contributed by atoms with Gasteiger partial charge in [0.25, 0.3) is 0 Å². The SMILES string of the molecule is CCOc1ccc(CNCC(C)(O)c2ccc(C)o2)cc1. The lowest BCUT2D eigenvalue weighted by atomic mass is 10.0. The van der Waals surface area contributed by atoms with Gasteiger partial charge in [-0.15, -0.1) is 0 Å². The fourth-order valence-electron chi connectivity index (χ4n) is 2.13. The van der Waals surface area contributed by atoms with Gasteiger partial charge in [0.2, 0.25) is 0 Å². The summed E-state index contributed by atoms with van der Waals surface area (Å²) in [7, 11) is 0. The van der Waals surface area contributed by atoms with E-state index in [0.717, 1.165) is 17.1 Å². The fraction of sp³-hybridized carbons (Fsp3) is 0.412. The molecule has 0 aliphatic heterocycles. The van der Waals surface area contributed by atoms with Crippen LogP contribution in [0.2, 0.25) is 0 Å². The van der Waals surface area contributed by atoms with Crippen molar-refractivity contribution in [3.63, 3.8) is 0 Å². The molecule has 0 bridgehead atoms. The molecule has 2 rings (SSSR count). The Bertz CT molecular complexity index is 558. The molecule has 0 spiro atoms. The summed E-state index contributed by atoms with van der Waals surface area (Å²) in [5.74, 6) is 2.26. The molecule has 1 aromatic heterocycles. The molecule has 0 aliphatic carbocycles. The van der Waals surface area contributed by atoms with E-state index in [9.17, 15) is 5.11 Å². The van der Waals surface area contributed by atoms with E-state index in [1.54, 1.807) is 6.92 Å². The molecular weight excluding hydrogens is 266 g/mol. The van der Waals surface area contributed by atoms with Gasteiger partial charge in [-0.05, 0) is 50.6 Å². The van der Waals surface area contributed by atoms with Crippen molar-refractivity contribution in [2.75, 3.05) is 13.2 Å². The molecular formula is C17H23NO3. The van der Waals surface area contributed by atoms with Crippen molar-refractivity contribution in [3.05, 3.63) is 53.5 Å². The van der Waals surface area contributed by atoms with Gasteiger partial charge in [0.15, 0.2) is 0 Å². The lowest BCUT2D eigenvalue weighted by molar-refractivity contribution is 0.0333. The van der Waals surface area contributed by atoms with Crippen LogP contribution in [0.15, 0.2) is 40.8 Å². The molecule has 21 heavy (non-hydrogen) atoms. The standard InChI is InChI=1S/C17H23NO3/c1-4-20-15-8-6-14(7-9-15)11-18-12-17(3,19)16-10-5-13(2)21-16/h5-10,18-19H,4,11-12H2,1-3H3. The molecule has 1 aromatic carbocycles. The predicted molar refractivity (Wildman–Crippen MR) is 82.3 cm³/mol. The molecule has 1 unspecified atom stereocenters. The minimum absolute atomic E-state index is 0.424. The van der Waals surface area contributed by atoms with Crippen LogP contribution in [-0.4, -0.2) is 18.3 Å². The smallest absolute Gasteiger partial charge is 0.136 e. The van der Waals surface area contributed by atoms with E-state index in [0.29, 0.717) is 25.5 Å². The maximum Gasteiger partial charge on any atom is 0.136 e. The van der Waals surface area contributed by atoms with Crippen LogP contribution in [-0.2, 0) is 12.1 Å². The van der Waals surface area contributed by atoms with Gasteiger partial charge < -0.3 is 19.6 Å². The first kappa shape index (κ1) is 15.6. The molecule has 0 aliphatic rings. The third-order valence-electron chi connectivity index (χ3n) is 3.30. The van der Waals surface area contributed by atoms with Crippen LogP contribution in [0.5, 0.6) is 5.75 Å². The number of aliphatic hydroxyl groups is 1. The van der Waals surface area contributed by atoms with E-state index in [4.69, 9.17) is 9.15 Å². The first-order chi connectivity index (χ1) is 10.0. The topological polar surface area (TPSA) is 54.6 Å². The maximum absolute atomic E-state index is 10.4. The Balaban J connectivity index is 1.85. The third kappa shape index (κ3) is 4.34. The second-order valence-electron chi connectivity index (χ2n) is 5.36. The third-order valence-corrected chi connectivity index (χ3v) is 3.30. The second-order valence-corrected chi connectivity index (χ2v) is 5.36. The summed E-state index contributed by atoms with van der Waals surface area (Å²) in [6, 6.07) is 11.6. The van der Waals surface area contributed by atoms with Crippen LogP contribution >= 0.6 is 0 Å². The summed E-state index contributed by atoms with van der Waals surface area (Å²) in [5.41, 5.74) is 0.129. The van der Waals surface area contributed by atoms with Gasteiger partial charge in [-0.25, -0.2) is 0 Å². The first-order valence-electron chi connectivity index (χ1n) is 7.23. The molecule has 0 amide bonds. The van der Waals surface area contributed by atoms with Gasteiger partial charge in [-0.2, -0.15) is 0 Å². The van der Waals surface area contributed by atoms with Crippen molar-refractivity contribution in [3.8, 4) is 5.75 Å². The molecule has 1 atom stereocenters. The van der Waals surface area contributed by atoms with Crippen molar-refractivity contribution in [1.29, 1.82) is 0 Å². The van der Waals surface area contributed by atoms with E-state index in [1.807, 2.05) is 50.2 Å². The van der Waals surface area contributed by atoms with Crippen molar-refractivity contribution in [1.82, 2.24) is 5.32 Å². The Morgan fingerprint density at radius 3 is 2.48 bits per heavy atom. The van der Waals surface area contributed by atoms with Crippen LogP contribution < -0.4 is 10.1 Å². The highest BCUT2D eigenvalue weighted by Crippen LogP contribution is 2.22. The predicted octanol–water partition coefficient (Wildman–Crippen LogP) is 2.98. The number of rotatable bonds is 7. The molecule has 0 saturated heterocycles. The highest BCUT2D eigenvalue weighted by Gasteiger charge is 2.26. The summed E-state index contributed by atoms with van der Waals surface area (Å²) >= 11 is 0. The normalized spacial score (nSPS) is 13.9. The summed E-state index contributed by atoms with van der Waals surface area (Å²) in [6.45, 7) is 7.36. The first-order valence-corrected chi connectivity index (χ1v) is 7.23. The summed E-state index contributed by atoms with van der Waals surface area (Å²) in [4.78, 5) is 0. The molecule has 4 heteroatoms. The largest absolute Gasteiger partial charge is 0.494 e. The zero-order valence-corrected chi connectivity index (χ0v) is 12.8. The Hall–Kier alpha value is -1.78. The zero-order chi connectivity index (χ0) is 15.3. The van der Waals surface area contributed by atoms with Gasteiger partial charge in [0, 0.05) is 13.1 Å². The number of ether oxygens (including phenoxy) is 1. The summed E-state index contributed by atoms with van der Waals surface area (Å²) in [6.07, 6.45) is 0. The molecule has 0 fully saturated rings. The minimum atomic E-state index is -1.01. The molecule has 114 valence electrons. The van der Waals surface area contributed by atoms with E-state index < -0.39 is 5.60 Å². The zero-order valence-electron chi connectivity index (χ0n) is 12.8. The summed E-state index contributed by atoms with van der Waals surface area (Å²) < 4.78 is 10.9. The number of benzene rings is 1. The quantitative estimate of drug-likeness (QED) is 0.823. The van der Waals surface area contributed by atoms with Gasteiger partial charge in [0.05, 0.1) is 6.61 Å². The van der Waals surface area contributed by atoms with Crippen LogP contribution in [0.4, 0.5) is 0 Å². The lowest BCUT2D eigenvalue weighted by Crippen LogP contribution is -2.34. The van der Waals surface area contributed by atoms with Gasteiger partial charge in [0.1, 0.15) is 22.9 Å². The second kappa shape index (κ2) is 6.78. The molecule has 1 heterocycles. The van der Waals surface area contributed by atoms with Gasteiger partial charge in [-0.3, -0.25) is 0 Å². The Morgan fingerprint density at radius 1 is 1.19 bits per heavy atom. The van der Waals surface area contributed by atoms with Gasteiger partial charge >= 0.3 is 0 Å². The Morgan fingerprint density at radius 2 is 1.90 bits per heavy atom. The van der Waals surface area contributed by atoms with Crippen LogP contribution in [0.25, 0.3) is 0 Å². The molecule has 2 N–H and O–H groups in total. The highest BCUT2D eigenvalue weighted by atomic mass is 16.5. The van der Waals surface area contributed by atoms with Crippen LogP contribution in [0.1, 0.15) is 30.9 Å². The average molecular weight is 289 g/mol. The molecule has 4 nitrogen and oxygen atoms in total. The Labute approximate surface area is 125 Å². The van der Waals surface area contributed by atoms with E-state index in [1.165, 1.54) is 0 Å². The molecule has 0 radical (unpaired) electrons. The van der Waals surface area contributed by atoms with E-state index in [-0.39, 0.29) is 0 Å². The van der Waals surface area contributed by atoms with E-state index >= 15 is 0 Å². The number of nitrogens with one attached hydrogen (secondary N) is 1. The minimum Gasteiger partial charge on any atom is -0.494 e. The van der Waals surface area contributed by atoms with Crippen molar-refractivity contribution < 1.29 is 14.3 Å². The van der Waals surface area contributed by atoms with Crippen LogP contribution in [0.3, 0.4) is 0 Å². The van der Waals surface area contributed by atoms with Crippen molar-refractivity contribution in [2.24, 2.45) is 0 Å². The summed E-state index contributed by atoms with van der Waals surface area (Å²) in [5, 5.41) is 13.7. The number of aryl methyl sites for hydroxylation is 1. The van der Waals surface area contributed by atoms with Crippen molar-refractivity contribution >= 4 is 0 Å². The number of hydrogen-bond donors (Lipinski definition) is 2. The van der Waals surface area contributed by atoms with Gasteiger partial charge in [-0.1, -0.05) is 12.1 Å². The Kier molecular flexibility index (Phi) is 5.04. The highest BCUT2D eigenvalue weighted by molar-refractivity contribution is 5.27. The molecule has 0 saturated carbocycles. The monoisotopic (exact) mass is 289 g/mol. The van der Waals surface area contributed by atoms with E-state index in [2.05, 4.69) is 5.32 Å². The number of furan rings is 1. The maximum atomic E-state index is 10.4. The average Bonchev–Trinajstić information content (AvgIpc) is 2.88. The molecule has 2 aromatic rings. The van der Waals surface area contributed by atoms with Crippen LogP contribution in [0, 0.1) is 6.92 Å². The lowest BCUT2D eigenvalue weighted by Gasteiger charge is -2.21.